The van der Waals surface area contributed by atoms with Gasteiger partial charge in [-0.2, -0.15) is 13.2 Å². The largest absolute Gasteiger partial charge is 0.416 e. The number of benzene rings is 1. The Bertz CT molecular complexity index is 936. The third kappa shape index (κ3) is 5.59. The molecule has 0 atom stereocenters. The van der Waals surface area contributed by atoms with Crippen LogP contribution in [0.3, 0.4) is 0 Å². The average Bonchev–Trinajstić information content (AvgIpc) is 3.35. The number of carbonyl (C=O) groups is 2. The van der Waals surface area contributed by atoms with Crippen molar-refractivity contribution in [3.63, 3.8) is 0 Å². The Morgan fingerprint density at radius 2 is 1.90 bits per heavy atom. The van der Waals surface area contributed by atoms with Gasteiger partial charge in [0.25, 0.3) is 5.91 Å². The number of nitrogens with one attached hydrogen (secondary N) is 2. The Morgan fingerprint density at radius 3 is 2.59 bits per heavy atom. The van der Waals surface area contributed by atoms with E-state index < -0.39 is 17.6 Å². The number of hydrazine groups is 1. The fourth-order valence-corrected chi connectivity index (χ4v) is 3.26. The van der Waals surface area contributed by atoms with Gasteiger partial charge in [0.05, 0.1) is 5.56 Å². The topological polar surface area (TPSA) is 88.9 Å². The predicted octanol–water partition coefficient (Wildman–Crippen LogP) is 3.06. The number of rotatable bonds is 4. The molecule has 2 N–H and O–H groups in total. The lowest BCUT2D eigenvalue weighted by Crippen LogP contribution is -2.43. The fraction of sp³-hybridized carbons (Fsp3) is 0.333. The Hall–Kier alpha value is -2.82. The van der Waals surface area contributed by atoms with Gasteiger partial charge in [0.1, 0.15) is 6.33 Å². The highest BCUT2D eigenvalue weighted by Gasteiger charge is 2.31. The maximum Gasteiger partial charge on any atom is 0.416 e. The van der Waals surface area contributed by atoms with Gasteiger partial charge >= 0.3 is 6.18 Å². The lowest BCUT2D eigenvalue weighted by Gasteiger charge is -2.09. The molecule has 0 spiro atoms. The first kappa shape index (κ1) is 20.9. The summed E-state index contributed by atoms with van der Waals surface area (Å²) in [6, 6.07) is 3.25. The summed E-state index contributed by atoms with van der Waals surface area (Å²) in [5, 5.41) is 4.03. The molecule has 29 heavy (non-hydrogen) atoms. The third-order valence-electron chi connectivity index (χ3n) is 4.43. The zero-order valence-electron chi connectivity index (χ0n) is 15.1. The highest BCUT2D eigenvalue weighted by molar-refractivity contribution is 7.80. The van der Waals surface area contributed by atoms with Crippen LogP contribution in [0, 0.1) is 5.92 Å². The maximum atomic E-state index is 12.9. The van der Waals surface area contributed by atoms with Crippen molar-refractivity contribution in [1.82, 2.24) is 25.6 Å². The van der Waals surface area contributed by atoms with Crippen molar-refractivity contribution in [2.24, 2.45) is 5.92 Å². The first-order chi connectivity index (χ1) is 13.7. The molecule has 1 saturated carbocycles. The van der Waals surface area contributed by atoms with Crippen molar-refractivity contribution in [3.8, 4) is 11.4 Å². The van der Waals surface area contributed by atoms with E-state index in [1.165, 1.54) is 23.3 Å². The second kappa shape index (κ2) is 8.68. The summed E-state index contributed by atoms with van der Waals surface area (Å²) in [6.45, 7) is 0. The van der Waals surface area contributed by atoms with Crippen molar-refractivity contribution in [2.75, 3.05) is 0 Å². The normalized spacial score (nSPS) is 15.0. The fourth-order valence-electron chi connectivity index (χ4n) is 2.98. The lowest BCUT2D eigenvalue weighted by molar-refractivity contribution is -0.137. The molecule has 7 nitrogen and oxygen atoms in total. The molecule has 0 radical (unpaired) electrons. The molecule has 0 saturated heterocycles. The molecule has 3 rings (SSSR count). The van der Waals surface area contributed by atoms with Crippen LogP contribution in [0.25, 0.3) is 17.6 Å². The Kier molecular flexibility index (Phi) is 6.26. The lowest BCUT2D eigenvalue weighted by atomic mass is 10.1. The van der Waals surface area contributed by atoms with E-state index in [-0.39, 0.29) is 28.1 Å². The van der Waals surface area contributed by atoms with Crippen LogP contribution in [0.2, 0.25) is 0 Å². The number of hydrogen-bond acceptors (Lipinski definition) is 5. The minimum absolute atomic E-state index is 0.0472. The Labute approximate surface area is 169 Å². The van der Waals surface area contributed by atoms with Gasteiger partial charge in [-0.05, 0) is 31.0 Å². The van der Waals surface area contributed by atoms with Crippen molar-refractivity contribution in [2.45, 2.75) is 36.8 Å². The van der Waals surface area contributed by atoms with E-state index >= 15 is 0 Å². The molecular formula is C18H18F3N5O2S. The standard InChI is InChI=1S/C18H18F3N5O2S/c19-18(20,21)13-7-12(8-14(29)9-13)16-22-10-26(25-16)6-5-15(27)23-24-17(28)11-3-1-2-4-11/h5-11,29H,1-4H2,(H,23,27)(H,24,28)/b6-5-. The highest BCUT2D eigenvalue weighted by Crippen LogP contribution is 2.33. The first-order valence-corrected chi connectivity index (χ1v) is 9.28. The minimum atomic E-state index is -4.52. The smallest absolute Gasteiger partial charge is 0.273 e. The van der Waals surface area contributed by atoms with Crippen LogP contribution in [0.5, 0.6) is 0 Å². The summed E-state index contributed by atoms with van der Waals surface area (Å²) in [5.74, 6) is -0.836. The van der Waals surface area contributed by atoms with Crippen LogP contribution in [-0.4, -0.2) is 26.6 Å². The summed E-state index contributed by atoms with van der Waals surface area (Å²) in [4.78, 5) is 27.7. The maximum absolute atomic E-state index is 12.9. The molecule has 1 fully saturated rings. The number of aromatic nitrogens is 3. The zero-order valence-corrected chi connectivity index (χ0v) is 16.0. The zero-order chi connectivity index (χ0) is 21.0. The number of hydrogen-bond donors (Lipinski definition) is 3. The van der Waals surface area contributed by atoms with Crippen LogP contribution in [0.15, 0.2) is 35.5 Å². The minimum Gasteiger partial charge on any atom is -0.273 e. The summed E-state index contributed by atoms with van der Waals surface area (Å²) < 4.78 is 40.0. The van der Waals surface area contributed by atoms with E-state index in [4.69, 9.17) is 0 Å². The van der Waals surface area contributed by atoms with Gasteiger partial charge in [-0.3, -0.25) is 20.4 Å². The van der Waals surface area contributed by atoms with Crippen molar-refractivity contribution >= 4 is 30.6 Å². The Morgan fingerprint density at radius 1 is 1.17 bits per heavy atom. The predicted molar refractivity (Wildman–Crippen MR) is 101 cm³/mol. The molecule has 0 aliphatic heterocycles. The molecule has 154 valence electrons. The average molecular weight is 425 g/mol. The number of amides is 2. The molecule has 2 aromatic rings. The molecule has 0 unspecified atom stereocenters. The number of alkyl halides is 3. The molecule has 0 bridgehead atoms. The van der Waals surface area contributed by atoms with Gasteiger partial charge in [-0.15, -0.1) is 17.7 Å². The quantitative estimate of drug-likeness (QED) is 0.399. The number of thiol groups is 1. The van der Waals surface area contributed by atoms with Gasteiger partial charge in [-0.1, -0.05) is 12.8 Å². The van der Waals surface area contributed by atoms with Gasteiger partial charge in [0, 0.05) is 28.7 Å². The molecule has 2 amide bonds. The van der Waals surface area contributed by atoms with Crippen molar-refractivity contribution in [3.05, 3.63) is 36.2 Å². The van der Waals surface area contributed by atoms with E-state index in [0.29, 0.717) is 0 Å². The number of halogens is 3. The third-order valence-corrected chi connectivity index (χ3v) is 4.68. The molecule has 11 heteroatoms. The van der Waals surface area contributed by atoms with Crippen LogP contribution in [-0.2, 0) is 15.8 Å². The summed E-state index contributed by atoms with van der Waals surface area (Å²) in [7, 11) is 0. The van der Waals surface area contributed by atoms with Crippen LogP contribution >= 0.6 is 12.6 Å². The molecule has 1 aliphatic rings. The summed E-state index contributed by atoms with van der Waals surface area (Å²) in [6.07, 6.45) is 2.73. The second-order valence-corrected chi connectivity index (χ2v) is 7.11. The van der Waals surface area contributed by atoms with Gasteiger partial charge < -0.3 is 0 Å². The summed E-state index contributed by atoms with van der Waals surface area (Å²) in [5.41, 5.74) is 3.93. The van der Waals surface area contributed by atoms with E-state index in [2.05, 4.69) is 33.6 Å². The molecule has 1 aliphatic carbocycles. The second-order valence-electron chi connectivity index (χ2n) is 6.59. The van der Waals surface area contributed by atoms with E-state index in [0.717, 1.165) is 43.9 Å². The van der Waals surface area contributed by atoms with Crippen LogP contribution in [0.1, 0.15) is 31.2 Å². The SMILES string of the molecule is O=C(/C=C\n1cnc(-c2cc(S)cc(C(F)(F)F)c2)n1)NNC(=O)C1CCCC1. The van der Waals surface area contributed by atoms with Crippen molar-refractivity contribution < 1.29 is 22.8 Å². The van der Waals surface area contributed by atoms with Gasteiger partial charge in [0.15, 0.2) is 5.82 Å². The van der Waals surface area contributed by atoms with E-state index in [1.54, 1.807) is 0 Å². The summed E-state index contributed by atoms with van der Waals surface area (Å²) >= 11 is 3.99. The van der Waals surface area contributed by atoms with Crippen LogP contribution < -0.4 is 10.9 Å². The van der Waals surface area contributed by atoms with E-state index in [1.807, 2.05) is 0 Å². The Balaban J connectivity index is 1.62. The van der Waals surface area contributed by atoms with Crippen LogP contribution in [0.4, 0.5) is 13.2 Å². The van der Waals surface area contributed by atoms with Crippen molar-refractivity contribution in [1.29, 1.82) is 0 Å². The first-order valence-electron chi connectivity index (χ1n) is 8.83. The number of carbonyl (C=O) groups excluding carboxylic acids is 2. The monoisotopic (exact) mass is 425 g/mol. The van der Waals surface area contributed by atoms with E-state index in [9.17, 15) is 22.8 Å². The molecule has 1 aromatic heterocycles. The van der Waals surface area contributed by atoms with Gasteiger partial charge in [-0.25, -0.2) is 9.67 Å². The molecule has 1 aromatic carbocycles. The molecule has 1 heterocycles. The number of nitrogens with zero attached hydrogens (tertiary/aromatic N) is 3. The van der Waals surface area contributed by atoms with Gasteiger partial charge in [0.2, 0.25) is 5.91 Å². The molecular weight excluding hydrogens is 407 g/mol. The highest BCUT2D eigenvalue weighted by atomic mass is 32.1.